The van der Waals surface area contributed by atoms with E-state index in [2.05, 4.69) is 45.0 Å². The second-order valence-electron chi connectivity index (χ2n) is 5.55. The van der Waals surface area contributed by atoms with E-state index < -0.39 is 0 Å². The highest BCUT2D eigenvalue weighted by Gasteiger charge is 2.22. The van der Waals surface area contributed by atoms with Crippen molar-refractivity contribution in [2.45, 2.75) is 38.8 Å². The summed E-state index contributed by atoms with van der Waals surface area (Å²) in [5.41, 5.74) is 1.08. The molecule has 20 heavy (non-hydrogen) atoms. The Morgan fingerprint density at radius 1 is 1.50 bits per heavy atom. The molecule has 1 aromatic rings. The molecule has 1 aromatic heterocycles. The van der Waals surface area contributed by atoms with Crippen LogP contribution >= 0.6 is 11.3 Å². The zero-order valence-corrected chi connectivity index (χ0v) is 13.5. The lowest BCUT2D eigenvalue weighted by molar-refractivity contribution is 0.399. The number of guanidine groups is 1. The van der Waals surface area contributed by atoms with Gasteiger partial charge in [-0.05, 0) is 46.8 Å². The molecule has 0 spiro atoms. The standard InChI is InChI=1S/C14H25N5S/c1-11-10-20-13(17-11)9-16-14(18-12-5-6-12)15-7-4-8-19(2)3/h10,12H,4-9H2,1-3H3,(H2,15,16,18). The van der Waals surface area contributed by atoms with Gasteiger partial charge in [0.25, 0.3) is 0 Å². The predicted octanol–water partition coefficient (Wildman–Crippen LogP) is 1.60. The second-order valence-corrected chi connectivity index (χ2v) is 6.49. The van der Waals surface area contributed by atoms with E-state index in [0.29, 0.717) is 12.6 Å². The molecule has 1 heterocycles. The molecule has 112 valence electrons. The maximum absolute atomic E-state index is 4.63. The van der Waals surface area contributed by atoms with E-state index in [0.717, 1.165) is 36.2 Å². The van der Waals surface area contributed by atoms with Gasteiger partial charge in [0, 0.05) is 23.7 Å². The molecule has 2 rings (SSSR count). The van der Waals surface area contributed by atoms with Crippen LogP contribution in [0.15, 0.2) is 10.4 Å². The molecule has 2 N–H and O–H groups in total. The fraction of sp³-hybridized carbons (Fsp3) is 0.714. The Bertz CT molecular complexity index is 437. The average Bonchev–Trinajstić information content (AvgIpc) is 3.12. The number of nitrogens with zero attached hydrogens (tertiary/aromatic N) is 3. The maximum atomic E-state index is 4.63. The summed E-state index contributed by atoms with van der Waals surface area (Å²) in [6.07, 6.45) is 3.64. The quantitative estimate of drug-likeness (QED) is 0.456. The van der Waals surface area contributed by atoms with Crippen LogP contribution in [0.4, 0.5) is 0 Å². The zero-order valence-electron chi connectivity index (χ0n) is 12.6. The molecule has 0 unspecified atom stereocenters. The first kappa shape index (κ1) is 15.3. The average molecular weight is 295 g/mol. The molecule has 0 radical (unpaired) electrons. The van der Waals surface area contributed by atoms with E-state index in [1.165, 1.54) is 12.8 Å². The van der Waals surface area contributed by atoms with Crippen LogP contribution in [0, 0.1) is 6.92 Å². The summed E-state index contributed by atoms with van der Waals surface area (Å²) in [6.45, 7) is 4.73. The molecular weight excluding hydrogens is 270 g/mol. The van der Waals surface area contributed by atoms with Crippen LogP contribution < -0.4 is 10.6 Å². The maximum Gasteiger partial charge on any atom is 0.191 e. The molecule has 0 aliphatic heterocycles. The van der Waals surface area contributed by atoms with Gasteiger partial charge in [0.1, 0.15) is 5.01 Å². The van der Waals surface area contributed by atoms with Crippen molar-refractivity contribution in [2.75, 3.05) is 27.2 Å². The normalized spacial score (nSPS) is 15.7. The van der Waals surface area contributed by atoms with Gasteiger partial charge in [-0.3, -0.25) is 0 Å². The smallest absolute Gasteiger partial charge is 0.191 e. The Balaban J connectivity index is 1.79. The molecule has 1 aliphatic carbocycles. The third-order valence-electron chi connectivity index (χ3n) is 3.03. The van der Waals surface area contributed by atoms with E-state index in [9.17, 15) is 0 Å². The van der Waals surface area contributed by atoms with Crippen molar-refractivity contribution in [3.63, 3.8) is 0 Å². The molecule has 0 saturated heterocycles. The fourth-order valence-corrected chi connectivity index (χ4v) is 2.49. The van der Waals surface area contributed by atoms with Crippen molar-refractivity contribution in [3.05, 3.63) is 16.1 Å². The first-order valence-electron chi connectivity index (χ1n) is 7.24. The zero-order chi connectivity index (χ0) is 14.4. The Hall–Kier alpha value is -1.14. The summed E-state index contributed by atoms with van der Waals surface area (Å²) in [5.74, 6) is 0.930. The molecule has 0 bridgehead atoms. The van der Waals surface area contributed by atoms with Crippen molar-refractivity contribution in [1.82, 2.24) is 20.5 Å². The van der Waals surface area contributed by atoms with E-state index in [-0.39, 0.29) is 0 Å². The lowest BCUT2D eigenvalue weighted by atomic mass is 10.4. The molecule has 6 heteroatoms. The largest absolute Gasteiger partial charge is 0.356 e. The lowest BCUT2D eigenvalue weighted by Gasteiger charge is -2.13. The number of aryl methyl sites for hydroxylation is 1. The van der Waals surface area contributed by atoms with Crippen LogP contribution in [-0.2, 0) is 6.54 Å². The number of thiazole rings is 1. The molecule has 1 fully saturated rings. The molecule has 1 saturated carbocycles. The van der Waals surface area contributed by atoms with E-state index in [1.54, 1.807) is 11.3 Å². The van der Waals surface area contributed by atoms with Gasteiger partial charge in [-0.1, -0.05) is 0 Å². The summed E-state index contributed by atoms with van der Waals surface area (Å²) in [7, 11) is 4.20. The fourth-order valence-electron chi connectivity index (χ4n) is 1.80. The molecular formula is C14H25N5S. The van der Waals surface area contributed by atoms with Gasteiger partial charge in [-0.2, -0.15) is 0 Å². The van der Waals surface area contributed by atoms with Gasteiger partial charge in [-0.25, -0.2) is 9.98 Å². The van der Waals surface area contributed by atoms with E-state index in [1.807, 2.05) is 6.92 Å². The molecule has 0 amide bonds. The SMILES string of the molecule is Cc1csc(CN=C(NCCCN(C)C)NC2CC2)n1. The highest BCUT2D eigenvalue weighted by molar-refractivity contribution is 7.09. The Kier molecular flexibility index (Phi) is 5.79. The van der Waals surface area contributed by atoms with Crippen LogP contribution in [0.2, 0.25) is 0 Å². The number of rotatable bonds is 7. The summed E-state index contributed by atoms with van der Waals surface area (Å²) >= 11 is 1.68. The summed E-state index contributed by atoms with van der Waals surface area (Å²) in [4.78, 5) is 11.3. The van der Waals surface area contributed by atoms with Crippen LogP contribution in [0.25, 0.3) is 0 Å². The number of aliphatic imine (C=N–C) groups is 1. The van der Waals surface area contributed by atoms with Crippen molar-refractivity contribution in [1.29, 1.82) is 0 Å². The number of hydrogen-bond acceptors (Lipinski definition) is 4. The number of hydrogen-bond donors (Lipinski definition) is 2. The van der Waals surface area contributed by atoms with Crippen molar-refractivity contribution in [2.24, 2.45) is 4.99 Å². The van der Waals surface area contributed by atoms with Crippen molar-refractivity contribution >= 4 is 17.3 Å². The molecule has 5 nitrogen and oxygen atoms in total. The third-order valence-corrected chi connectivity index (χ3v) is 3.98. The van der Waals surface area contributed by atoms with Crippen molar-refractivity contribution < 1.29 is 0 Å². The van der Waals surface area contributed by atoms with Crippen LogP contribution in [0.1, 0.15) is 30.0 Å². The highest BCUT2D eigenvalue weighted by atomic mass is 32.1. The summed E-state index contributed by atoms with van der Waals surface area (Å²) in [5, 5.41) is 10.0. The summed E-state index contributed by atoms with van der Waals surface area (Å²) in [6, 6.07) is 0.619. The first-order valence-corrected chi connectivity index (χ1v) is 8.12. The Labute approximate surface area is 125 Å². The first-order chi connectivity index (χ1) is 9.63. The van der Waals surface area contributed by atoms with E-state index in [4.69, 9.17) is 0 Å². The van der Waals surface area contributed by atoms with Gasteiger partial charge in [0.15, 0.2) is 5.96 Å². The van der Waals surface area contributed by atoms with Gasteiger partial charge >= 0.3 is 0 Å². The topological polar surface area (TPSA) is 52.6 Å². The van der Waals surface area contributed by atoms with Gasteiger partial charge in [0.05, 0.1) is 6.54 Å². The third kappa shape index (κ3) is 5.88. The second kappa shape index (κ2) is 7.59. The lowest BCUT2D eigenvalue weighted by Crippen LogP contribution is -2.39. The predicted molar refractivity (Wildman–Crippen MR) is 85.3 cm³/mol. The van der Waals surface area contributed by atoms with Crippen LogP contribution in [0.3, 0.4) is 0 Å². The van der Waals surface area contributed by atoms with E-state index >= 15 is 0 Å². The minimum atomic E-state index is 0.619. The van der Waals surface area contributed by atoms with Gasteiger partial charge in [0.2, 0.25) is 0 Å². The Morgan fingerprint density at radius 2 is 2.30 bits per heavy atom. The highest BCUT2D eigenvalue weighted by Crippen LogP contribution is 2.18. The minimum absolute atomic E-state index is 0.619. The molecule has 0 aromatic carbocycles. The number of aromatic nitrogens is 1. The van der Waals surface area contributed by atoms with Gasteiger partial charge in [-0.15, -0.1) is 11.3 Å². The van der Waals surface area contributed by atoms with Crippen LogP contribution in [-0.4, -0.2) is 49.1 Å². The van der Waals surface area contributed by atoms with Gasteiger partial charge < -0.3 is 15.5 Å². The number of nitrogens with one attached hydrogen (secondary N) is 2. The molecule has 0 atom stereocenters. The van der Waals surface area contributed by atoms with Crippen molar-refractivity contribution in [3.8, 4) is 0 Å². The molecule has 1 aliphatic rings. The van der Waals surface area contributed by atoms with Crippen LogP contribution in [0.5, 0.6) is 0 Å². The minimum Gasteiger partial charge on any atom is -0.356 e. The monoisotopic (exact) mass is 295 g/mol. The Morgan fingerprint density at radius 3 is 2.90 bits per heavy atom. The summed E-state index contributed by atoms with van der Waals surface area (Å²) < 4.78 is 0.